The van der Waals surface area contributed by atoms with E-state index < -0.39 is 0 Å². The molecule has 0 saturated carbocycles. The molecule has 2 heteroatoms. The molecule has 2 heterocycles. The molecule has 0 N–H and O–H groups in total. The van der Waals surface area contributed by atoms with Gasteiger partial charge in [-0.3, -0.25) is 9.88 Å². The molecule has 1 aliphatic rings. The zero-order chi connectivity index (χ0) is 22.6. The minimum absolute atomic E-state index is 0.151. The van der Waals surface area contributed by atoms with Crippen molar-refractivity contribution in [2.45, 2.75) is 91.0 Å². The first kappa shape index (κ1) is 23.7. The van der Waals surface area contributed by atoms with Crippen molar-refractivity contribution in [2.75, 3.05) is 13.1 Å². The summed E-state index contributed by atoms with van der Waals surface area (Å²) in [4.78, 5) is 7.29. The van der Waals surface area contributed by atoms with Crippen LogP contribution in [0.3, 0.4) is 0 Å². The Kier molecular flexibility index (Phi) is 7.75. The molecule has 168 valence electrons. The van der Waals surface area contributed by atoms with Crippen molar-refractivity contribution >= 4 is 0 Å². The molecule has 0 bridgehead atoms. The van der Waals surface area contributed by atoms with Crippen molar-refractivity contribution < 1.29 is 0 Å². The molecule has 31 heavy (non-hydrogen) atoms. The molecule has 0 spiro atoms. The topological polar surface area (TPSA) is 16.1 Å². The van der Waals surface area contributed by atoms with Crippen molar-refractivity contribution in [1.29, 1.82) is 0 Å². The maximum atomic E-state index is 4.57. The summed E-state index contributed by atoms with van der Waals surface area (Å²) in [6, 6.07) is 14.2. The Hall–Kier alpha value is -1.93. The minimum Gasteiger partial charge on any atom is -0.297 e. The van der Waals surface area contributed by atoms with Gasteiger partial charge >= 0.3 is 0 Å². The summed E-state index contributed by atoms with van der Waals surface area (Å²) in [5, 5.41) is 0. The second-order valence-corrected chi connectivity index (χ2v) is 10.7. The third-order valence-corrected chi connectivity index (χ3v) is 6.94. The summed E-state index contributed by atoms with van der Waals surface area (Å²) in [6.07, 6.45) is 8.13. The third-order valence-electron chi connectivity index (χ3n) is 6.94. The second kappa shape index (κ2) is 10.1. The Morgan fingerprint density at radius 3 is 2.32 bits per heavy atom. The van der Waals surface area contributed by atoms with Gasteiger partial charge in [-0.15, -0.1) is 0 Å². The lowest BCUT2D eigenvalue weighted by molar-refractivity contribution is 0.155. The SMILES string of the molecule is CC(C)=CC(CC(C)(C)c1ccc(C)cc1)N1CCC(c2ccnc(C(C)C)c2)CC1. The van der Waals surface area contributed by atoms with Crippen molar-refractivity contribution in [3.05, 3.63) is 76.6 Å². The monoisotopic (exact) mass is 418 g/mol. The number of pyridine rings is 1. The highest BCUT2D eigenvalue weighted by molar-refractivity contribution is 5.28. The first-order valence-electron chi connectivity index (χ1n) is 12.1. The zero-order valence-electron chi connectivity index (χ0n) is 20.8. The average molecular weight is 419 g/mol. The Morgan fingerprint density at radius 2 is 1.74 bits per heavy atom. The van der Waals surface area contributed by atoms with Gasteiger partial charge in [-0.05, 0) is 93.6 Å². The molecule has 1 saturated heterocycles. The van der Waals surface area contributed by atoms with E-state index >= 15 is 0 Å². The zero-order valence-corrected chi connectivity index (χ0v) is 20.8. The van der Waals surface area contributed by atoms with Crippen LogP contribution < -0.4 is 0 Å². The van der Waals surface area contributed by atoms with Gasteiger partial charge in [0.05, 0.1) is 0 Å². The van der Waals surface area contributed by atoms with Crippen molar-refractivity contribution in [1.82, 2.24) is 9.88 Å². The smallest absolute Gasteiger partial charge is 0.0431 e. The number of aryl methyl sites for hydroxylation is 1. The maximum Gasteiger partial charge on any atom is 0.0431 e. The van der Waals surface area contributed by atoms with Crippen LogP contribution in [0.4, 0.5) is 0 Å². The molecular weight excluding hydrogens is 376 g/mol. The van der Waals surface area contributed by atoms with E-state index in [-0.39, 0.29) is 5.41 Å². The number of nitrogens with zero attached hydrogens (tertiary/aromatic N) is 2. The molecule has 1 unspecified atom stereocenters. The van der Waals surface area contributed by atoms with Gasteiger partial charge in [-0.2, -0.15) is 0 Å². The quantitative estimate of drug-likeness (QED) is 0.436. The van der Waals surface area contributed by atoms with E-state index in [2.05, 4.69) is 101 Å². The summed E-state index contributed by atoms with van der Waals surface area (Å²) in [5.74, 6) is 1.15. The highest BCUT2D eigenvalue weighted by Crippen LogP contribution is 2.35. The molecule has 0 amide bonds. The molecule has 1 atom stereocenters. The fraction of sp³-hybridized carbons (Fsp3) is 0.552. The number of aromatic nitrogens is 1. The van der Waals surface area contributed by atoms with Gasteiger partial charge in [0.25, 0.3) is 0 Å². The van der Waals surface area contributed by atoms with Gasteiger partial charge in [0.15, 0.2) is 0 Å². The summed E-state index contributed by atoms with van der Waals surface area (Å²) >= 11 is 0. The largest absolute Gasteiger partial charge is 0.297 e. The number of benzene rings is 1. The fourth-order valence-corrected chi connectivity index (χ4v) is 4.92. The minimum atomic E-state index is 0.151. The molecule has 1 aromatic heterocycles. The predicted molar refractivity (Wildman–Crippen MR) is 134 cm³/mol. The number of piperidine rings is 1. The Balaban J connectivity index is 1.71. The fourth-order valence-electron chi connectivity index (χ4n) is 4.92. The van der Waals surface area contributed by atoms with Crippen LogP contribution in [0.25, 0.3) is 0 Å². The van der Waals surface area contributed by atoms with Crippen LogP contribution in [0, 0.1) is 6.92 Å². The van der Waals surface area contributed by atoms with Crippen LogP contribution in [0.1, 0.15) is 95.0 Å². The molecule has 2 aromatic rings. The molecule has 1 aromatic carbocycles. The average Bonchev–Trinajstić information content (AvgIpc) is 2.73. The summed E-state index contributed by atoms with van der Waals surface area (Å²) in [7, 11) is 0. The first-order valence-corrected chi connectivity index (χ1v) is 12.1. The highest BCUT2D eigenvalue weighted by atomic mass is 15.2. The Labute approximate surface area is 190 Å². The van der Waals surface area contributed by atoms with Gasteiger partial charge < -0.3 is 0 Å². The van der Waals surface area contributed by atoms with E-state index in [0.29, 0.717) is 17.9 Å². The van der Waals surface area contributed by atoms with E-state index in [9.17, 15) is 0 Å². The van der Waals surface area contributed by atoms with Crippen LogP contribution in [0.5, 0.6) is 0 Å². The molecular formula is C29H42N2. The predicted octanol–water partition coefficient (Wildman–Crippen LogP) is 7.40. The van der Waals surface area contributed by atoms with E-state index in [0.717, 1.165) is 6.42 Å². The molecule has 1 aliphatic heterocycles. The Morgan fingerprint density at radius 1 is 1.10 bits per heavy atom. The maximum absolute atomic E-state index is 4.57. The van der Waals surface area contributed by atoms with Gasteiger partial charge in [0.2, 0.25) is 0 Å². The number of hydrogen-bond donors (Lipinski definition) is 0. The van der Waals surface area contributed by atoms with Crippen LogP contribution in [0.15, 0.2) is 54.2 Å². The van der Waals surface area contributed by atoms with Gasteiger partial charge in [0.1, 0.15) is 0 Å². The van der Waals surface area contributed by atoms with Crippen LogP contribution in [-0.2, 0) is 5.41 Å². The Bertz CT molecular complexity index is 864. The van der Waals surface area contributed by atoms with Crippen molar-refractivity contribution in [3.63, 3.8) is 0 Å². The van der Waals surface area contributed by atoms with Crippen LogP contribution in [0.2, 0.25) is 0 Å². The van der Waals surface area contributed by atoms with E-state index in [1.807, 2.05) is 6.20 Å². The number of likely N-dealkylation sites (tertiary alicyclic amines) is 1. The van der Waals surface area contributed by atoms with E-state index in [1.165, 1.54) is 53.9 Å². The van der Waals surface area contributed by atoms with Gasteiger partial charge in [-0.1, -0.05) is 69.2 Å². The van der Waals surface area contributed by atoms with Gasteiger partial charge in [-0.25, -0.2) is 0 Å². The van der Waals surface area contributed by atoms with E-state index in [1.54, 1.807) is 0 Å². The molecule has 1 fully saturated rings. The van der Waals surface area contributed by atoms with Gasteiger partial charge in [0, 0.05) is 17.9 Å². The molecule has 3 rings (SSSR count). The first-order chi connectivity index (χ1) is 14.7. The molecule has 2 nitrogen and oxygen atoms in total. The number of rotatable bonds is 7. The third kappa shape index (κ3) is 6.29. The second-order valence-electron chi connectivity index (χ2n) is 10.7. The lowest BCUT2D eigenvalue weighted by Crippen LogP contribution is -2.43. The molecule has 0 radical (unpaired) electrons. The number of hydrogen-bond acceptors (Lipinski definition) is 2. The van der Waals surface area contributed by atoms with Crippen molar-refractivity contribution in [2.24, 2.45) is 0 Å². The van der Waals surface area contributed by atoms with Crippen molar-refractivity contribution in [3.8, 4) is 0 Å². The normalized spacial score (nSPS) is 17.0. The summed E-state index contributed by atoms with van der Waals surface area (Å²) in [6.45, 7) is 18.3. The highest BCUT2D eigenvalue weighted by Gasteiger charge is 2.30. The standard InChI is InChI=1S/C29H42N2/c1-21(2)18-27(20-29(6,7)26-10-8-23(5)9-11-26)31-16-13-24(14-17-31)25-12-15-30-28(19-25)22(3)4/h8-12,15,18-19,22,24,27H,13-14,16-17,20H2,1-7H3. The lowest BCUT2D eigenvalue weighted by atomic mass is 9.77. The molecule has 0 aliphatic carbocycles. The number of allylic oxidation sites excluding steroid dienone is 1. The van der Waals surface area contributed by atoms with Crippen LogP contribution in [-0.4, -0.2) is 29.0 Å². The van der Waals surface area contributed by atoms with Crippen LogP contribution >= 0.6 is 0 Å². The lowest BCUT2D eigenvalue weighted by Gasteiger charge is -2.40. The summed E-state index contributed by atoms with van der Waals surface area (Å²) in [5.41, 5.74) is 7.05. The summed E-state index contributed by atoms with van der Waals surface area (Å²) < 4.78 is 0. The van der Waals surface area contributed by atoms with E-state index in [4.69, 9.17) is 0 Å².